The molecule has 0 spiro atoms. The smallest absolute Gasteiger partial charge is 0.123 e. The zero-order valence-electron chi connectivity index (χ0n) is 9.53. The Bertz CT molecular complexity index is 570. The van der Waals surface area contributed by atoms with E-state index in [4.69, 9.17) is 0 Å². The lowest BCUT2D eigenvalue weighted by molar-refractivity contribution is -0.255. The summed E-state index contributed by atoms with van der Waals surface area (Å²) < 4.78 is 14.6. The number of nitrogens with zero attached hydrogens (tertiary/aromatic N) is 1. The zero-order valence-corrected chi connectivity index (χ0v) is 9.53. The number of aromatic nitrogens is 1. The van der Waals surface area contributed by atoms with Crippen molar-refractivity contribution in [2.45, 2.75) is 13.8 Å². The molecule has 1 aromatic carbocycles. The third-order valence-corrected chi connectivity index (χ3v) is 2.74. The van der Waals surface area contributed by atoms with Gasteiger partial charge in [0, 0.05) is 22.6 Å². The Labute approximate surface area is 98.1 Å². The molecule has 1 aromatic heterocycles. The Morgan fingerprint density at radius 3 is 2.29 bits per heavy atom. The summed E-state index contributed by atoms with van der Waals surface area (Å²) in [5, 5.41) is 10.9. The number of aryl methyl sites for hydroxylation is 1. The number of carboxylic acid groups (broad SMARTS) is 1. The number of carboxylic acids is 1. The van der Waals surface area contributed by atoms with Gasteiger partial charge >= 0.3 is 0 Å². The Kier molecular flexibility index (Phi) is 2.71. The average Bonchev–Trinajstić information content (AvgIpc) is 2.56. The molecular formula is C13H11FNO2-. The maximum absolute atomic E-state index is 12.8. The Balaban J connectivity index is 2.59. The molecule has 0 N–H and O–H groups in total. The topological polar surface area (TPSA) is 45.1 Å². The minimum absolute atomic E-state index is 0.159. The lowest BCUT2D eigenvalue weighted by Crippen LogP contribution is -2.22. The van der Waals surface area contributed by atoms with E-state index in [1.807, 2.05) is 0 Å². The molecule has 0 aliphatic rings. The molecule has 0 aliphatic carbocycles. The van der Waals surface area contributed by atoms with Gasteiger partial charge < -0.3 is 14.5 Å². The predicted molar refractivity (Wildman–Crippen MR) is 59.5 cm³/mol. The van der Waals surface area contributed by atoms with Crippen LogP contribution in [0.4, 0.5) is 4.39 Å². The van der Waals surface area contributed by atoms with Crippen LogP contribution >= 0.6 is 0 Å². The molecule has 0 fully saturated rings. The van der Waals surface area contributed by atoms with Gasteiger partial charge in [0.05, 0.1) is 5.97 Å². The minimum Gasteiger partial charge on any atom is -0.545 e. The number of hydrogen-bond acceptors (Lipinski definition) is 2. The van der Waals surface area contributed by atoms with E-state index in [9.17, 15) is 14.3 Å². The number of hydrogen-bond donors (Lipinski definition) is 0. The maximum atomic E-state index is 12.8. The van der Waals surface area contributed by atoms with Crippen molar-refractivity contribution in [1.29, 1.82) is 0 Å². The highest BCUT2D eigenvalue weighted by molar-refractivity contribution is 5.87. The molecule has 17 heavy (non-hydrogen) atoms. The van der Waals surface area contributed by atoms with Gasteiger partial charge in [-0.05, 0) is 44.2 Å². The van der Waals surface area contributed by atoms with Crippen molar-refractivity contribution in [2.24, 2.45) is 0 Å². The molecule has 2 rings (SSSR count). The van der Waals surface area contributed by atoms with E-state index >= 15 is 0 Å². The van der Waals surface area contributed by atoms with Crippen LogP contribution in [-0.4, -0.2) is 10.5 Å². The van der Waals surface area contributed by atoms with E-state index in [-0.39, 0.29) is 11.4 Å². The molecule has 4 heteroatoms. The van der Waals surface area contributed by atoms with Crippen molar-refractivity contribution >= 4 is 5.97 Å². The number of carbonyl (C=O) groups is 1. The van der Waals surface area contributed by atoms with Gasteiger partial charge in [0.25, 0.3) is 0 Å². The molecule has 0 atom stereocenters. The van der Waals surface area contributed by atoms with Gasteiger partial charge in [0.15, 0.2) is 0 Å². The van der Waals surface area contributed by atoms with E-state index in [2.05, 4.69) is 0 Å². The SMILES string of the molecule is Cc1cc(C(=O)[O-])c(C)n1-c1ccc(F)cc1. The summed E-state index contributed by atoms with van der Waals surface area (Å²) in [5.41, 5.74) is 2.24. The maximum Gasteiger partial charge on any atom is 0.123 e. The van der Waals surface area contributed by atoms with Crippen LogP contribution in [0.5, 0.6) is 0 Å². The first kappa shape index (κ1) is 11.4. The normalized spacial score (nSPS) is 10.5. The third kappa shape index (κ3) is 1.93. The van der Waals surface area contributed by atoms with Gasteiger partial charge in [-0.15, -0.1) is 0 Å². The second-order valence-electron chi connectivity index (χ2n) is 3.88. The van der Waals surface area contributed by atoms with Gasteiger partial charge in [-0.3, -0.25) is 0 Å². The van der Waals surface area contributed by atoms with Crippen molar-refractivity contribution < 1.29 is 14.3 Å². The van der Waals surface area contributed by atoms with Crippen molar-refractivity contribution in [3.05, 3.63) is 53.1 Å². The third-order valence-electron chi connectivity index (χ3n) is 2.74. The molecule has 0 amide bonds. The van der Waals surface area contributed by atoms with Crippen LogP contribution in [0.1, 0.15) is 21.7 Å². The number of benzene rings is 1. The summed E-state index contributed by atoms with van der Waals surface area (Å²) in [6.45, 7) is 3.49. The highest BCUT2D eigenvalue weighted by Crippen LogP contribution is 2.20. The Morgan fingerprint density at radius 1 is 1.24 bits per heavy atom. The molecule has 1 heterocycles. The fourth-order valence-corrected chi connectivity index (χ4v) is 1.96. The van der Waals surface area contributed by atoms with E-state index in [1.165, 1.54) is 12.1 Å². The molecule has 0 radical (unpaired) electrons. The van der Waals surface area contributed by atoms with Crippen molar-refractivity contribution in [3.8, 4) is 5.69 Å². The Morgan fingerprint density at radius 2 is 1.82 bits per heavy atom. The van der Waals surface area contributed by atoms with Crippen LogP contribution in [0, 0.1) is 19.7 Å². The predicted octanol–water partition coefficient (Wildman–Crippen LogP) is 1.60. The quantitative estimate of drug-likeness (QED) is 0.789. The van der Waals surface area contributed by atoms with E-state index in [0.717, 1.165) is 11.4 Å². The summed E-state index contributed by atoms with van der Waals surface area (Å²) in [4.78, 5) is 10.9. The van der Waals surface area contributed by atoms with E-state index in [1.54, 1.807) is 36.6 Å². The summed E-state index contributed by atoms with van der Waals surface area (Å²) in [6.07, 6.45) is 0. The zero-order chi connectivity index (χ0) is 12.6. The van der Waals surface area contributed by atoms with Crippen molar-refractivity contribution in [2.75, 3.05) is 0 Å². The first-order chi connectivity index (χ1) is 8.00. The summed E-state index contributed by atoms with van der Waals surface area (Å²) >= 11 is 0. The Hall–Kier alpha value is -2.10. The van der Waals surface area contributed by atoms with E-state index in [0.29, 0.717) is 5.69 Å². The van der Waals surface area contributed by atoms with Gasteiger partial charge in [0.1, 0.15) is 5.82 Å². The van der Waals surface area contributed by atoms with Crippen molar-refractivity contribution in [1.82, 2.24) is 4.57 Å². The van der Waals surface area contributed by atoms with Crippen LogP contribution in [0.15, 0.2) is 30.3 Å². The molecular weight excluding hydrogens is 221 g/mol. The standard InChI is InChI=1S/C13H12FNO2/c1-8-7-12(13(16)17)9(2)15(8)11-5-3-10(14)4-6-11/h3-7H,1-2H3,(H,16,17)/p-1. The lowest BCUT2D eigenvalue weighted by atomic mass is 10.2. The minimum atomic E-state index is -1.20. The summed E-state index contributed by atoms with van der Waals surface area (Å²) in [6, 6.07) is 7.44. The van der Waals surface area contributed by atoms with Crippen LogP contribution in [-0.2, 0) is 0 Å². The van der Waals surface area contributed by atoms with E-state index < -0.39 is 5.97 Å². The molecule has 0 aliphatic heterocycles. The van der Waals surface area contributed by atoms with Gasteiger partial charge in [-0.25, -0.2) is 4.39 Å². The fourth-order valence-electron chi connectivity index (χ4n) is 1.96. The first-order valence-electron chi connectivity index (χ1n) is 5.17. The lowest BCUT2D eigenvalue weighted by Gasteiger charge is -2.10. The van der Waals surface area contributed by atoms with Gasteiger partial charge in [0.2, 0.25) is 0 Å². The highest BCUT2D eigenvalue weighted by Gasteiger charge is 2.10. The first-order valence-corrected chi connectivity index (χ1v) is 5.17. The van der Waals surface area contributed by atoms with Gasteiger partial charge in [-0.1, -0.05) is 0 Å². The molecule has 2 aromatic rings. The average molecular weight is 232 g/mol. The van der Waals surface area contributed by atoms with Crippen LogP contribution in [0.2, 0.25) is 0 Å². The van der Waals surface area contributed by atoms with Crippen LogP contribution in [0.3, 0.4) is 0 Å². The monoisotopic (exact) mass is 232 g/mol. The number of carbonyl (C=O) groups excluding carboxylic acids is 1. The summed E-state index contributed by atoms with van der Waals surface area (Å²) in [5.74, 6) is -1.53. The molecule has 0 bridgehead atoms. The second-order valence-corrected chi connectivity index (χ2v) is 3.88. The molecule has 0 saturated carbocycles. The molecule has 0 unspecified atom stereocenters. The second kappa shape index (κ2) is 4.05. The van der Waals surface area contributed by atoms with Gasteiger partial charge in [-0.2, -0.15) is 0 Å². The van der Waals surface area contributed by atoms with Crippen LogP contribution < -0.4 is 5.11 Å². The number of rotatable bonds is 2. The molecule has 0 saturated heterocycles. The molecule has 88 valence electrons. The largest absolute Gasteiger partial charge is 0.545 e. The molecule has 3 nitrogen and oxygen atoms in total. The highest BCUT2D eigenvalue weighted by atomic mass is 19.1. The van der Waals surface area contributed by atoms with Crippen molar-refractivity contribution in [3.63, 3.8) is 0 Å². The van der Waals surface area contributed by atoms with Crippen LogP contribution in [0.25, 0.3) is 5.69 Å². The fraction of sp³-hybridized carbons (Fsp3) is 0.154. The summed E-state index contributed by atoms with van der Waals surface area (Å²) in [7, 11) is 0. The number of aromatic carboxylic acids is 1. The number of halogens is 1.